The Kier molecular flexibility index (Phi) is 3.65. The number of benzene rings is 1. The second kappa shape index (κ2) is 6.16. The van der Waals surface area contributed by atoms with Gasteiger partial charge in [0.05, 0.1) is 18.4 Å². The number of imidazole rings is 1. The lowest BCUT2D eigenvalue weighted by atomic mass is 10.2. The van der Waals surface area contributed by atoms with E-state index < -0.39 is 0 Å². The van der Waals surface area contributed by atoms with Gasteiger partial charge in [0, 0.05) is 24.0 Å². The van der Waals surface area contributed by atoms with Crippen molar-refractivity contribution in [3.8, 4) is 0 Å². The molecule has 2 aliphatic rings. The van der Waals surface area contributed by atoms with E-state index in [1.54, 1.807) is 6.20 Å². The van der Waals surface area contributed by atoms with E-state index in [4.69, 9.17) is 4.42 Å². The first-order valence-electron chi connectivity index (χ1n) is 9.22. The third kappa shape index (κ3) is 2.94. The number of nitrogens with one attached hydrogen (secondary N) is 2. The minimum Gasteiger partial charge on any atom is -0.440 e. The Morgan fingerprint density at radius 2 is 2.15 bits per heavy atom. The van der Waals surface area contributed by atoms with Gasteiger partial charge in [0.25, 0.3) is 0 Å². The molecule has 2 aromatic heterocycles. The highest BCUT2D eigenvalue weighted by atomic mass is 16.3. The maximum Gasteiger partial charge on any atom is 0.319 e. The normalized spacial score (nSPS) is 22.6. The molecule has 1 aromatic carbocycles. The highest BCUT2D eigenvalue weighted by molar-refractivity contribution is 5.91. The Morgan fingerprint density at radius 1 is 1.23 bits per heavy atom. The van der Waals surface area contributed by atoms with Gasteiger partial charge in [-0.3, -0.25) is 0 Å². The monoisotopic (exact) mass is 351 g/mol. The minimum atomic E-state index is -0.188. The standard InChI is InChI=1S/C19H21N5O2/c25-19(23-14-2-1-3-16(14)24-9-8-20-11-24)21-13-6-7-17-15(10-13)22-18(26-17)12-4-5-12/h6-12,14,16H,1-5H2,(H2,21,23,25)/t14-,16+/m1/s1. The highest BCUT2D eigenvalue weighted by Gasteiger charge is 2.30. The Hall–Kier alpha value is -2.83. The fraction of sp³-hybridized carbons (Fsp3) is 0.421. The molecule has 2 aliphatic carbocycles. The van der Waals surface area contributed by atoms with Crippen LogP contribution in [0.1, 0.15) is 50.0 Å². The molecule has 2 amide bonds. The summed E-state index contributed by atoms with van der Waals surface area (Å²) in [6.07, 6.45) is 11.0. The number of amides is 2. The van der Waals surface area contributed by atoms with Crippen molar-refractivity contribution in [3.05, 3.63) is 42.8 Å². The molecule has 2 N–H and O–H groups in total. The molecule has 0 aliphatic heterocycles. The van der Waals surface area contributed by atoms with Crippen LogP contribution >= 0.6 is 0 Å². The summed E-state index contributed by atoms with van der Waals surface area (Å²) in [7, 11) is 0. The predicted octanol–water partition coefficient (Wildman–Crippen LogP) is 3.82. The molecule has 0 bridgehead atoms. The van der Waals surface area contributed by atoms with E-state index in [9.17, 15) is 4.79 Å². The van der Waals surface area contributed by atoms with Gasteiger partial charge in [0.1, 0.15) is 5.52 Å². The number of aromatic nitrogens is 3. The van der Waals surface area contributed by atoms with Crippen LogP contribution in [0.4, 0.5) is 10.5 Å². The molecule has 7 heteroatoms. The van der Waals surface area contributed by atoms with E-state index in [1.165, 1.54) is 0 Å². The molecule has 0 spiro atoms. The maximum atomic E-state index is 12.5. The topological polar surface area (TPSA) is 85.0 Å². The van der Waals surface area contributed by atoms with Crippen molar-refractivity contribution in [2.75, 3.05) is 5.32 Å². The molecule has 2 atom stereocenters. The first-order valence-corrected chi connectivity index (χ1v) is 9.22. The molecular formula is C19H21N5O2. The van der Waals surface area contributed by atoms with Crippen molar-refractivity contribution in [2.45, 2.75) is 50.1 Å². The number of nitrogens with zero attached hydrogens (tertiary/aromatic N) is 3. The molecule has 7 nitrogen and oxygen atoms in total. The summed E-state index contributed by atoms with van der Waals surface area (Å²) < 4.78 is 7.85. The van der Waals surface area contributed by atoms with Crippen molar-refractivity contribution >= 4 is 22.8 Å². The molecule has 3 aromatic rings. The van der Waals surface area contributed by atoms with E-state index in [0.29, 0.717) is 5.92 Å². The summed E-state index contributed by atoms with van der Waals surface area (Å²) >= 11 is 0. The SMILES string of the molecule is O=C(Nc1ccc2oc(C3CC3)nc2c1)N[C@@H]1CCC[C@@H]1n1ccnc1. The van der Waals surface area contributed by atoms with Gasteiger partial charge in [-0.15, -0.1) is 0 Å². The molecule has 2 fully saturated rings. The van der Waals surface area contributed by atoms with Crippen LogP contribution < -0.4 is 10.6 Å². The minimum absolute atomic E-state index is 0.112. The number of fused-ring (bicyclic) bond motifs is 1. The van der Waals surface area contributed by atoms with Crippen molar-refractivity contribution in [1.82, 2.24) is 19.9 Å². The lowest BCUT2D eigenvalue weighted by Crippen LogP contribution is -2.40. The fourth-order valence-electron chi connectivity index (χ4n) is 3.79. The van der Waals surface area contributed by atoms with Crippen LogP contribution in [0.25, 0.3) is 11.1 Å². The number of anilines is 1. The van der Waals surface area contributed by atoms with Gasteiger partial charge in [-0.25, -0.2) is 14.8 Å². The Bertz CT molecular complexity index is 929. The molecule has 134 valence electrons. The van der Waals surface area contributed by atoms with E-state index in [0.717, 1.165) is 54.8 Å². The molecule has 26 heavy (non-hydrogen) atoms. The second-order valence-corrected chi connectivity index (χ2v) is 7.22. The second-order valence-electron chi connectivity index (χ2n) is 7.22. The molecular weight excluding hydrogens is 330 g/mol. The third-order valence-electron chi connectivity index (χ3n) is 5.29. The van der Waals surface area contributed by atoms with Crippen LogP contribution in [0, 0.1) is 0 Å². The van der Waals surface area contributed by atoms with E-state index in [-0.39, 0.29) is 18.1 Å². The summed E-state index contributed by atoms with van der Waals surface area (Å²) in [5.41, 5.74) is 2.29. The van der Waals surface area contributed by atoms with Crippen molar-refractivity contribution in [1.29, 1.82) is 0 Å². The van der Waals surface area contributed by atoms with Gasteiger partial charge in [-0.05, 0) is 50.3 Å². The van der Waals surface area contributed by atoms with Gasteiger partial charge < -0.3 is 19.6 Å². The number of hydrogen-bond acceptors (Lipinski definition) is 4. The lowest BCUT2D eigenvalue weighted by Gasteiger charge is -2.22. The van der Waals surface area contributed by atoms with Crippen molar-refractivity contribution < 1.29 is 9.21 Å². The van der Waals surface area contributed by atoms with Crippen LogP contribution in [0.5, 0.6) is 0 Å². The van der Waals surface area contributed by atoms with E-state index in [2.05, 4.69) is 25.2 Å². The van der Waals surface area contributed by atoms with Crippen molar-refractivity contribution in [2.24, 2.45) is 0 Å². The molecule has 0 unspecified atom stereocenters. The summed E-state index contributed by atoms with van der Waals surface area (Å²) in [5, 5.41) is 6.03. The van der Waals surface area contributed by atoms with Crippen LogP contribution in [0.2, 0.25) is 0 Å². The molecule has 0 saturated heterocycles. The zero-order valence-electron chi connectivity index (χ0n) is 14.4. The molecule has 0 radical (unpaired) electrons. The first-order chi connectivity index (χ1) is 12.8. The summed E-state index contributed by atoms with van der Waals surface area (Å²) in [6, 6.07) is 5.78. The van der Waals surface area contributed by atoms with Crippen molar-refractivity contribution in [3.63, 3.8) is 0 Å². The zero-order valence-corrected chi connectivity index (χ0v) is 14.4. The zero-order chi connectivity index (χ0) is 17.5. The van der Waals surface area contributed by atoms with Crippen LogP contribution in [0.15, 0.2) is 41.3 Å². The van der Waals surface area contributed by atoms with Gasteiger partial charge in [-0.1, -0.05) is 0 Å². The highest BCUT2D eigenvalue weighted by Crippen LogP contribution is 2.40. The van der Waals surface area contributed by atoms with Crippen LogP contribution in [-0.2, 0) is 0 Å². The number of rotatable bonds is 4. The van der Waals surface area contributed by atoms with Gasteiger partial charge in [0.15, 0.2) is 11.5 Å². The molecule has 5 rings (SSSR count). The van der Waals surface area contributed by atoms with Gasteiger partial charge >= 0.3 is 6.03 Å². The first kappa shape index (κ1) is 15.4. The number of urea groups is 1. The average molecular weight is 351 g/mol. The third-order valence-corrected chi connectivity index (χ3v) is 5.29. The van der Waals surface area contributed by atoms with E-state index in [1.807, 2.05) is 30.7 Å². The smallest absolute Gasteiger partial charge is 0.319 e. The Morgan fingerprint density at radius 3 is 2.96 bits per heavy atom. The fourth-order valence-corrected chi connectivity index (χ4v) is 3.79. The van der Waals surface area contributed by atoms with Crippen LogP contribution in [-0.4, -0.2) is 26.6 Å². The Labute approximate surface area is 150 Å². The number of hydrogen-bond donors (Lipinski definition) is 2. The summed E-state index contributed by atoms with van der Waals surface area (Å²) in [5.74, 6) is 1.29. The summed E-state index contributed by atoms with van der Waals surface area (Å²) in [6.45, 7) is 0. The summed E-state index contributed by atoms with van der Waals surface area (Å²) in [4.78, 5) is 21.1. The average Bonchev–Trinajstić information content (AvgIpc) is 3.01. The number of carbonyl (C=O) groups excluding carboxylic acids is 1. The van der Waals surface area contributed by atoms with Crippen LogP contribution in [0.3, 0.4) is 0 Å². The van der Waals surface area contributed by atoms with Gasteiger partial charge in [-0.2, -0.15) is 0 Å². The largest absolute Gasteiger partial charge is 0.440 e. The molecule has 2 heterocycles. The van der Waals surface area contributed by atoms with Gasteiger partial charge in [0.2, 0.25) is 0 Å². The predicted molar refractivity (Wildman–Crippen MR) is 97.0 cm³/mol. The maximum absolute atomic E-state index is 12.5. The molecule has 2 saturated carbocycles. The number of carbonyl (C=O) groups is 1. The number of oxazole rings is 1. The lowest BCUT2D eigenvalue weighted by molar-refractivity contribution is 0.245. The van der Waals surface area contributed by atoms with E-state index >= 15 is 0 Å². The Balaban J connectivity index is 1.27. The quantitative estimate of drug-likeness (QED) is 0.748.